The second kappa shape index (κ2) is 5.82. The van der Waals surface area contributed by atoms with Crippen molar-refractivity contribution in [2.24, 2.45) is 0 Å². The fourth-order valence-electron chi connectivity index (χ4n) is 2.01. The minimum atomic E-state index is 0.0835. The van der Waals surface area contributed by atoms with Crippen LogP contribution in [0.2, 0.25) is 0 Å². The van der Waals surface area contributed by atoms with Crippen molar-refractivity contribution < 1.29 is 4.79 Å². The number of pyridine rings is 1. The number of carbonyl (C=O) groups excluding carboxylic acids is 1. The number of anilines is 1. The Labute approximate surface area is 108 Å². The predicted octanol–water partition coefficient (Wildman–Crippen LogP) is 0.688. The summed E-state index contributed by atoms with van der Waals surface area (Å²) in [5, 5.41) is 6.03. The van der Waals surface area contributed by atoms with E-state index in [-0.39, 0.29) is 11.9 Å². The molecule has 1 aromatic heterocycles. The fourth-order valence-corrected chi connectivity index (χ4v) is 2.01. The molecule has 0 saturated carbocycles. The smallest absolute Gasteiger partial charge is 0.239 e. The predicted molar refractivity (Wildman–Crippen MR) is 71.6 cm³/mol. The topological polar surface area (TPSA) is 57.3 Å². The Morgan fingerprint density at radius 3 is 3.00 bits per heavy atom. The van der Waals surface area contributed by atoms with Crippen LogP contribution >= 0.6 is 0 Å². The summed E-state index contributed by atoms with van der Waals surface area (Å²) in [6.07, 6.45) is 2.82. The van der Waals surface area contributed by atoms with Crippen molar-refractivity contribution in [1.82, 2.24) is 15.6 Å². The third kappa shape index (κ3) is 2.98. The van der Waals surface area contributed by atoms with Gasteiger partial charge in [-0.15, -0.1) is 0 Å². The molecule has 98 valence electrons. The highest BCUT2D eigenvalue weighted by Crippen LogP contribution is 2.17. The zero-order valence-electron chi connectivity index (χ0n) is 10.9. The maximum Gasteiger partial charge on any atom is 0.239 e. The van der Waals surface area contributed by atoms with Gasteiger partial charge in [0.25, 0.3) is 0 Å². The molecular weight excluding hydrogens is 228 g/mol. The maximum atomic E-state index is 11.5. The van der Waals surface area contributed by atoms with Crippen LogP contribution in [0.3, 0.4) is 0 Å². The molecule has 2 N–H and O–H groups in total. The molecule has 1 aliphatic rings. The van der Waals surface area contributed by atoms with Crippen LogP contribution in [-0.4, -0.2) is 37.6 Å². The molecule has 1 atom stereocenters. The first-order valence-electron chi connectivity index (χ1n) is 6.35. The molecule has 18 heavy (non-hydrogen) atoms. The van der Waals surface area contributed by atoms with E-state index >= 15 is 0 Å². The van der Waals surface area contributed by atoms with E-state index in [0.29, 0.717) is 6.54 Å². The number of aromatic nitrogens is 1. The molecule has 0 aromatic carbocycles. The molecule has 1 fully saturated rings. The van der Waals surface area contributed by atoms with Crippen LogP contribution in [0.1, 0.15) is 25.1 Å². The van der Waals surface area contributed by atoms with Crippen molar-refractivity contribution in [3.63, 3.8) is 0 Å². The average Bonchev–Trinajstić information content (AvgIpc) is 2.63. The second-order valence-corrected chi connectivity index (χ2v) is 4.58. The van der Waals surface area contributed by atoms with E-state index < -0.39 is 0 Å². The Morgan fingerprint density at radius 2 is 2.33 bits per heavy atom. The Hall–Kier alpha value is -1.62. The van der Waals surface area contributed by atoms with Crippen LogP contribution in [0.25, 0.3) is 0 Å². The van der Waals surface area contributed by atoms with Crippen molar-refractivity contribution in [3.05, 3.63) is 24.0 Å². The van der Waals surface area contributed by atoms with Gasteiger partial charge < -0.3 is 15.5 Å². The Balaban J connectivity index is 2.10. The van der Waals surface area contributed by atoms with E-state index in [1.54, 1.807) is 0 Å². The van der Waals surface area contributed by atoms with Gasteiger partial charge in [-0.25, -0.2) is 0 Å². The third-order valence-electron chi connectivity index (χ3n) is 3.27. The quantitative estimate of drug-likeness (QED) is 0.826. The summed E-state index contributed by atoms with van der Waals surface area (Å²) in [6, 6.07) is 4.29. The highest BCUT2D eigenvalue weighted by molar-refractivity contribution is 5.81. The molecule has 0 bridgehead atoms. The van der Waals surface area contributed by atoms with Gasteiger partial charge in [-0.05, 0) is 32.5 Å². The van der Waals surface area contributed by atoms with Crippen LogP contribution in [0.4, 0.5) is 5.69 Å². The molecule has 0 radical (unpaired) electrons. The minimum Gasteiger partial charge on any atom is -0.361 e. The average molecular weight is 248 g/mol. The number of nitrogens with zero attached hydrogens (tertiary/aromatic N) is 2. The number of amides is 1. The molecule has 5 nitrogen and oxygen atoms in total. The van der Waals surface area contributed by atoms with E-state index in [0.717, 1.165) is 30.9 Å². The van der Waals surface area contributed by atoms with Crippen molar-refractivity contribution in [2.45, 2.75) is 19.4 Å². The summed E-state index contributed by atoms with van der Waals surface area (Å²) in [7, 11) is 1.92. The number of hydrogen-bond donors (Lipinski definition) is 2. The highest BCUT2D eigenvalue weighted by Gasteiger charge is 2.15. The van der Waals surface area contributed by atoms with E-state index in [4.69, 9.17) is 0 Å². The molecule has 2 heterocycles. The van der Waals surface area contributed by atoms with Gasteiger partial charge in [0.05, 0.1) is 24.1 Å². The van der Waals surface area contributed by atoms with E-state index in [9.17, 15) is 4.79 Å². The van der Waals surface area contributed by atoms with Gasteiger partial charge in [0.1, 0.15) is 0 Å². The molecule has 1 unspecified atom stereocenters. The third-order valence-corrected chi connectivity index (χ3v) is 3.27. The van der Waals surface area contributed by atoms with Gasteiger partial charge in [-0.1, -0.05) is 0 Å². The molecule has 1 saturated heterocycles. The van der Waals surface area contributed by atoms with Crippen molar-refractivity contribution in [3.8, 4) is 0 Å². The lowest BCUT2D eigenvalue weighted by atomic mass is 10.2. The minimum absolute atomic E-state index is 0.0835. The molecule has 1 amide bonds. The number of carbonyl (C=O) groups is 1. The monoisotopic (exact) mass is 248 g/mol. The van der Waals surface area contributed by atoms with Crippen LogP contribution < -0.4 is 15.5 Å². The highest BCUT2D eigenvalue weighted by atomic mass is 16.2. The number of hydrogen-bond acceptors (Lipinski definition) is 4. The standard InChI is InChI=1S/C13H20N4O/c1-10(14-2)12-5-4-11(8-16-12)17-7-3-6-15-13(18)9-17/h4-5,8,10,14H,3,6-7,9H2,1-2H3,(H,15,18). The van der Waals surface area contributed by atoms with Gasteiger partial charge in [0, 0.05) is 19.1 Å². The van der Waals surface area contributed by atoms with Crippen molar-refractivity contribution >= 4 is 11.6 Å². The normalized spacial score (nSPS) is 18.1. The lowest BCUT2D eigenvalue weighted by molar-refractivity contribution is -0.119. The largest absolute Gasteiger partial charge is 0.361 e. The van der Waals surface area contributed by atoms with Gasteiger partial charge >= 0.3 is 0 Å². The van der Waals surface area contributed by atoms with Crippen LogP contribution in [0.15, 0.2) is 18.3 Å². The van der Waals surface area contributed by atoms with Gasteiger partial charge in [0.15, 0.2) is 0 Å². The Morgan fingerprint density at radius 1 is 1.50 bits per heavy atom. The fraction of sp³-hybridized carbons (Fsp3) is 0.538. The van der Waals surface area contributed by atoms with E-state index in [1.807, 2.05) is 25.4 Å². The SMILES string of the molecule is CNC(C)c1ccc(N2CCCNC(=O)C2)cn1. The molecule has 1 aliphatic heterocycles. The molecule has 2 rings (SSSR count). The molecule has 0 spiro atoms. The van der Waals surface area contributed by atoms with E-state index in [2.05, 4.69) is 27.4 Å². The van der Waals surface area contributed by atoms with Crippen LogP contribution in [-0.2, 0) is 4.79 Å². The summed E-state index contributed by atoms with van der Waals surface area (Å²) in [6.45, 7) is 4.14. The van der Waals surface area contributed by atoms with Gasteiger partial charge in [-0.3, -0.25) is 9.78 Å². The van der Waals surface area contributed by atoms with Crippen molar-refractivity contribution in [1.29, 1.82) is 0 Å². The Bertz CT molecular complexity index is 404. The van der Waals surface area contributed by atoms with Crippen LogP contribution in [0.5, 0.6) is 0 Å². The summed E-state index contributed by atoms with van der Waals surface area (Å²) < 4.78 is 0. The van der Waals surface area contributed by atoms with E-state index in [1.165, 1.54) is 0 Å². The lowest BCUT2D eigenvalue weighted by Crippen LogP contribution is -2.33. The van der Waals surface area contributed by atoms with Crippen molar-refractivity contribution in [2.75, 3.05) is 31.6 Å². The number of nitrogens with one attached hydrogen (secondary N) is 2. The summed E-state index contributed by atoms with van der Waals surface area (Å²) in [4.78, 5) is 18.0. The molecule has 1 aromatic rings. The first-order chi connectivity index (χ1) is 8.70. The van der Waals surface area contributed by atoms with Gasteiger partial charge in [0.2, 0.25) is 5.91 Å². The number of rotatable bonds is 3. The maximum absolute atomic E-state index is 11.5. The molecular formula is C13H20N4O. The Kier molecular flexibility index (Phi) is 4.15. The lowest BCUT2D eigenvalue weighted by Gasteiger charge is -2.21. The first kappa shape index (κ1) is 12.8. The molecule has 0 aliphatic carbocycles. The summed E-state index contributed by atoms with van der Waals surface area (Å²) >= 11 is 0. The van der Waals surface area contributed by atoms with Gasteiger partial charge in [-0.2, -0.15) is 0 Å². The molecule has 5 heteroatoms. The zero-order valence-corrected chi connectivity index (χ0v) is 10.9. The second-order valence-electron chi connectivity index (χ2n) is 4.58. The zero-order chi connectivity index (χ0) is 13.0. The van der Waals surface area contributed by atoms with Crippen LogP contribution in [0, 0.1) is 0 Å². The first-order valence-corrected chi connectivity index (χ1v) is 6.35. The summed E-state index contributed by atoms with van der Waals surface area (Å²) in [5.74, 6) is 0.0835. The summed E-state index contributed by atoms with van der Waals surface area (Å²) in [5.41, 5.74) is 2.03.